The van der Waals surface area contributed by atoms with Crippen molar-refractivity contribution < 1.29 is 22.1 Å². The molecule has 5 aromatic rings. The minimum Gasteiger partial charge on any atom is -0.492 e. The number of fused-ring (bicyclic) bond motifs is 1. The van der Waals surface area contributed by atoms with Gasteiger partial charge in [0.05, 0.1) is 18.0 Å². The van der Waals surface area contributed by atoms with Gasteiger partial charge in [-0.15, -0.1) is 0 Å². The lowest BCUT2D eigenvalue weighted by molar-refractivity contribution is -0.0685. The largest absolute Gasteiger partial charge is 0.492 e. The Kier molecular flexibility index (Phi) is 11.3. The standard InChI is InChI=1S/C37H32Cl4N2O5S/c1-25-6-16-33(17-7-25)49(44,45)48-37-42(20-21-46-32-15-11-26-4-2-3-5-28(26)22-32)18-19-43(37)36(41)35(27-8-12-30(38)13-9-27)47-24-29-10-14-31(39)23-34(29)40/h2-19,22-23,35-37H,20-21,24H2,1H3. The van der Waals surface area contributed by atoms with Crippen molar-refractivity contribution in [2.45, 2.75) is 36.4 Å². The van der Waals surface area contributed by atoms with Gasteiger partial charge in [0, 0.05) is 27.5 Å². The van der Waals surface area contributed by atoms with Gasteiger partial charge < -0.3 is 19.3 Å². The average molecular weight is 759 g/mol. The Morgan fingerprint density at radius 3 is 2.24 bits per heavy atom. The van der Waals surface area contributed by atoms with Crippen LogP contribution in [0.2, 0.25) is 15.1 Å². The first-order chi connectivity index (χ1) is 23.6. The molecule has 0 aliphatic carbocycles. The van der Waals surface area contributed by atoms with Gasteiger partial charge in [0.2, 0.25) is 6.35 Å². The molecule has 0 bridgehead atoms. The maximum absolute atomic E-state index is 13.6. The fourth-order valence-corrected chi connectivity index (χ4v) is 7.32. The summed E-state index contributed by atoms with van der Waals surface area (Å²) in [6.45, 7) is 2.49. The number of hydrogen-bond acceptors (Lipinski definition) is 7. The molecule has 0 N–H and O–H groups in total. The molecule has 0 saturated carbocycles. The van der Waals surface area contributed by atoms with Crippen LogP contribution in [0.5, 0.6) is 5.75 Å². The quantitative estimate of drug-likeness (QED) is 0.0673. The van der Waals surface area contributed by atoms with E-state index in [1.807, 2.05) is 49.4 Å². The Balaban J connectivity index is 1.26. The SMILES string of the molecule is Cc1ccc(S(=O)(=O)OC2N(CCOc3ccc4ccccc4c3)C=CN2C(Cl)C(OCc2ccc(Cl)cc2Cl)c2ccc(Cl)cc2)cc1. The second kappa shape index (κ2) is 15.6. The molecule has 7 nitrogen and oxygen atoms in total. The minimum absolute atomic E-state index is 0.0197. The molecule has 0 saturated heterocycles. The summed E-state index contributed by atoms with van der Waals surface area (Å²) < 4.78 is 45.7. The van der Waals surface area contributed by atoms with E-state index in [0.29, 0.717) is 31.9 Å². The molecule has 1 aliphatic heterocycles. The van der Waals surface area contributed by atoms with Crippen LogP contribution < -0.4 is 4.74 Å². The molecule has 0 amide bonds. The van der Waals surface area contributed by atoms with Crippen molar-refractivity contribution in [3.63, 3.8) is 0 Å². The summed E-state index contributed by atoms with van der Waals surface area (Å²) in [6, 6.07) is 32.5. The van der Waals surface area contributed by atoms with Crippen LogP contribution in [-0.2, 0) is 25.6 Å². The Morgan fingerprint density at radius 1 is 0.796 bits per heavy atom. The van der Waals surface area contributed by atoms with Gasteiger partial charge in [-0.1, -0.05) is 113 Å². The molecule has 0 fully saturated rings. The molecule has 0 spiro atoms. The molecule has 3 atom stereocenters. The molecule has 12 heteroatoms. The first kappa shape index (κ1) is 35.4. The number of alkyl halides is 1. The Bertz CT molecular complexity index is 2050. The number of nitrogens with zero attached hydrogens (tertiary/aromatic N) is 2. The fraction of sp³-hybridized carbons (Fsp3) is 0.189. The van der Waals surface area contributed by atoms with Crippen LogP contribution in [0.25, 0.3) is 10.8 Å². The molecule has 0 radical (unpaired) electrons. The van der Waals surface area contributed by atoms with E-state index in [9.17, 15) is 8.42 Å². The van der Waals surface area contributed by atoms with E-state index in [-0.39, 0.29) is 24.7 Å². The highest BCUT2D eigenvalue weighted by atomic mass is 35.5. The first-order valence-corrected chi connectivity index (χ1v) is 18.3. The Morgan fingerprint density at radius 2 is 1.51 bits per heavy atom. The van der Waals surface area contributed by atoms with Crippen LogP contribution in [0.3, 0.4) is 0 Å². The monoisotopic (exact) mass is 756 g/mol. The summed E-state index contributed by atoms with van der Waals surface area (Å²) >= 11 is 26.0. The molecule has 49 heavy (non-hydrogen) atoms. The van der Waals surface area contributed by atoms with Crippen molar-refractivity contribution in [3.8, 4) is 5.75 Å². The number of benzene rings is 5. The lowest BCUT2D eigenvalue weighted by Crippen LogP contribution is -2.48. The second-order valence-electron chi connectivity index (χ2n) is 11.4. The predicted octanol–water partition coefficient (Wildman–Crippen LogP) is 9.79. The van der Waals surface area contributed by atoms with Crippen molar-refractivity contribution in [3.05, 3.63) is 153 Å². The zero-order valence-corrected chi connectivity index (χ0v) is 30.1. The fourth-order valence-electron chi connectivity index (χ4n) is 5.34. The van der Waals surface area contributed by atoms with Crippen molar-refractivity contribution in [2.24, 2.45) is 0 Å². The van der Waals surface area contributed by atoms with Crippen molar-refractivity contribution >= 4 is 67.3 Å². The van der Waals surface area contributed by atoms with Gasteiger partial charge in [-0.05, 0) is 77.4 Å². The van der Waals surface area contributed by atoms with Crippen LogP contribution in [0.15, 0.2) is 126 Å². The molecule has 3 unspecified atom stereocenters. The lowest BCUT2D eigenvalue weighted by Gasteiger charge is -2.37. The molecule has 1 heterocycles. The zero-order valence-electron chi connectivity index (χ0n) is 26.3. The maximum atomic E-state index is 13.6. The molecular weight excluding hydrogens is 726 g/mol. The highest BCUT2D eigenvalue weighted by molar-refractivity contribution is 7.86. The van der Waals surface area contributed by atoms with E-state index >= 15 is 0 Å². The highest BCUT2D eigenvalue weighted by Crippen LogP contribution is 2.36. The Hall–Kier alpha value is -3.47. The summed E-state index contributed by atoms with van der Waals surface area (Å²) in [5.41, 5.74) is 1.38. The number of halogens is 4. The number of ether oxygens (including phenoxy) is 2. The molecule has 254 valence electrons. The lowest BCUT2D eigenvalue weighted by atomic mass is 10.1. The third kappa shape index (κ3) is 8.64. The third-order valence-electron chi connectivity index (χ3n) is 8.00. The number of rotatable bonds is 13. The summed E-state index contributed by atoms with van der Waals surface area (Å²) in [4.78, 5) is 3.34. The second-order valence-corrected chi connectivity index (χ2v) is 14.7. The molecule has 1 aliphatic rings. The van der Waals surface area contributed by atoms with E-state index in [2.05, 4.69) is 0 Å². The van der Waals surface area contributed by atoms with E-state index in [1.54, 1.807) is 76.8 Å². The normalized spacial score (nSPS) is 15.9. The zero-order chi connectivity index (χ0) is 34.5. The van der Waals surface area contributed by atoms with Gasteiger partial charge in [-0.2, -0.15) is 8.42 Å². The van der Waals surface area contributed by atoms with Crippen LogP contribution >= 0.6 is 46.4 Å². The summed E-state index contributed by atoms with van der Waals surface area (Å²) in [5, 5.41) is 3.64. The molecular formula is C37H32Cl4N2O5S. The Labute approximate surface area is 306 Å². The summed E-state index contributed by atoms with van der Waals surface area (Å²) in [6.07, 6.45) is 1.47. The summed E-state index contributed by atoms with van der Waals surface area (Å²) in [7, 11) is -4.23. The van der Waals surface area contributed by atoms with Crippen molar-refractivity contribution in [1.29, 1.82) is 0 Å². The minimum atomic E-state index is -4.23. The van der Waals surface area contributed by atoms with Gasteiger partial charge >= 0.3 is 0 Å². The van der Waals surface area contributed by atoms with Crippen molar-refractivity contribution in [2.75, 3.05) is 13.2 Å². The van der Waals surface area contributed by atoms with E-state index in [4.69, 9.17) is 60.1 Å². The maximum Gasteiger partial charge on any atom is 0.300 e. The van der Waals surface area contributed by atoms with Crippen LogP contribution in [0.4, 0.5) is 0 Å². The molecule has 6 rings (SSSR count). The third-order valence-corrected chi connectivity index (χ3v) is 10.6. The van der Waals surface area contributed by atoms with E-state index in [1.165, 1.54) is 12.1 Å². The average Bonchev–Trinajstić information content (AvgIpc) is 3.47. The molecule has 5 aromatic carbocycles. The number of aryl methyl sites for hydroxylation is 1. The van der Waals surface area contributed by atoms with E-state index < -0.39 is 28.1 Å². The summed E-state index contributed by atoms with van der Waals surface area (Å²) in [5.74, 6) is 0.691. The highest BCUT2D eigenvalue weighted by Gasteiger charge is 2.39. The van der Waals surface area contributed by atoms with Crippen LogP contribution in [0, 0.1) is 6.92 Å². The van der Waals surface area contributed by atoms with Gasteiger partial charge in [-0.3, -0.25) is 0 Å². The first-order valence-electron chi connectivity index (χ1n) is 15.4. The molecule has 0 aromatic heterocycles. The van der Waals surface area contributed by atoms with Gasteiger partial charge in [0.15, 0.2) is 0 Å². The van der Waals surface area contributed by atoms with Crippen molar-refractivity contribution in [1.82, 2.24) is 9.80 Å². The van der Waals surface area contributed by atoms with Gasteiger partial charge in [0.25, 0.3) is 10.1 Å². The van der Waals surface area contributed by atoms with Gasteiger partial charge in [-0.25, -0.2) is 4.18 Å². The smallest absolute Gasteiger partial charge is 0.300 e. The van der Waals surface area contributed by atoms with Crippen LogP contribution in [0.1, 0.15) is 22.8 Å². The predicted molar refractivity (Wildman–Crippen MR) is 195 cm³/mol. The van der Waals surface area contributed by atoms with Gasteiger partial charge in [0.1, 0.15) is 24.0 Å². The van der Waals surface area contributed by atoms with E-state index in [0.717, 1.165) is 16.3 Å². The number of hydrogen-bond donors (Lipinski definition) is 0. The van der Waals surface area contributed by atoms with Crippen LogP contribution in [-0.4, -0.2) is 43.2 Å². The topological polar surface area (TPSA) is 68.3 Å².